The molecule has 0 aliphatic carbocycles. The van der Waals surface area contributed by atoms with Gasteiger partial charge in [0.2, 0.25) is 0 Å². The van der Waals surface area contributed by atoms with Gasteiger partial charge in [-0.3, -0.25) is 0 Å². The van der Waals surface area contributed by atoms with Crippen LogP contribution in [0.25, 0.3) is 11.1 Å². The fourth-order valence-corrected chi connectivity index (χ4v) is 2.60. The molecule has 2 aromatic rings. The standard InChI is InChI=1S/C15H15Cl2N/c1-2-10-4-3-5-11(6-10)13-7-12(16)8-15(17)14(13)9-18/h3-8H,2,9,18H2,1H3. The summed E-state index contributed by atoms with van der Waals surface area (Å²) < 4.78 is 0. The maximum Gasteiger partial charge on any atom is 0.0471 e. The highest BCUT2D eigenvalue weighted by atomic mass is 35.5. The van der Waals surface area contributed by atoms with Crippen LogP contribution in [0.4, 0.5) is 0 Å². The third-order valence-electron chi connectivity index (χ3n) is 3.01. The summed E-state index contributed by atoms with van der Waals surface area (Å²) in [6.45, 7) is 2.54. The van der Waals surface area contributed by atoms with Crippen molar-refractivity contribution in [3.63, 3.8) is 0 Å². The average molecular weight is 280 g/mol. The molecule has 0 heterocycles. The van der Waals surface area contributed by atoms with Crippen molar-refractivity contribution in [3.05, 3.63) is 57.6 Å². The SMILES string of the molecule is CCc1cccc(-c2cc(Cl)cc(Cl)c2CN)c1. The largest absolute Gasteiger partial charge is 0.326 e. The molecule has 0 radical (unpaired) electrons. The third kappa shape index (κ3) is 2.69. The maximum atomic E-state index is 6.19. The highest BCUT2D eigenvalue weighted by Crippen LogP contribution is 2.32. The third-order valence-corrected chi connectivity index (χ3v) is 3.57. The van der Waals surface area contributed by atoms with Crippen molar-refractivity contribution in [2.24, 2.45) is 5.73 Å². The quantitative estimate of drug-likeness (QED) is 0.867. The lowest BCUT2D eigenvalue weighted by molar-refractivity contribution is 1.07. The molecule has 2 N–H and O–H groups in total. The molecule has 0 fully saturated rings. The molecule has 18 heavy (non-hydrogen) atoms. The molecule has 0 saturated carbocycles. The molecule has 2 aromatic carbocycles. The number of aryl methyl sites for hydroxylation is 1. The van der Waals surface area contributed by atoms with Crippen LogP contribution in [0.3, 0.4) is 0 Å². The minimum Gasteiger partial charge on any atom is -0.326 e. The molecule has 0 bridgehead atoms. The molecular weight excluding hydrogens is 265 g/mol. The van der Waals surface area contributed by atoms with E-state index in [0.717, 1.165) is 23.1 Å². The highest BCUT2D eigenvalue weighted by molar-refractivity contribution is 6.35. The summed E-state index contributed by atoms with van der Waals surface area (Å²) in [4.78, 5) is 0. The lowest BCUT2D eigenvalue weighted by Gasteiger charge is -2.12. The van der Waals surface area contributed by atoms with Gasteiger partial charge < -0.3 is 5.73 Å². The lowest BCUT2D eigenvalue weighted by Crippen LogP contribution is -2.00. The first-order valence-electron chi connectivity index (χ1n) is 5.93. The summed E-state index contributed by atoms with van der Waals surface area (Å²) in [6.07, 6.45) is 1.00. The van der Waals surface area contributed by atoms with Crippen LogP contribution in [0.2, 0.25) is 10.0 Å². The van der Waals surface area contributed by atoms with Crippen molar-refractivity contribution in [2.75, 3.05) is 0 Å². The second-order valence-corrected chi connectivity index (χ2v) is 5.02. The monoisotopic (exact) mass is 279 g/mol. The van der Waals surface area contributed by atoms with Crippen molar-refractivity contribution in [1.29, 1.82) is 0 Å². The first kappa shape index (κ1) is 13.4. The summed E-state index contributed by atoms with van der Waals surface area (Å²) in [6, 6.07) is 12.0. The molecular formula is C15H15Cl2N. The van der Waals surface area contributed by atoms with Crippen LogP contribution in [0.5, 0.6) is 0 Å². The number of halogens is 2. The Morgan fingerprint density at radius 2 is 1.89 bits per heavy atom. The van der Waals surface area contributed by atoms with Crippen LogP contribution in [-0.2, 0) is 13.0 Å². The van der Waals surface area contributed by atoms with Gasteiger partial charge in [0.25, 0.3) is 0 Å². The lowest BCUT2D eigenvalue weighted by atomic mass is 9.97. The van der Waals surface area contributed by atoms with E-state index in [4.69, 9.17) is 28.9 Å². The molecule has 0 aromatic heterocycles. The Hall–Kier alpha value is -1.02. The fourth-order valence-electron chi connectivity index (χ4n) is 2.03. The molecule has 0 spiro atoms. The Morgan fingerprint density at radius 3 is 2.56 bits per heavy atom. The van der Waals surface area contributed by atoms with Crippen molar-refractivity contribution in [1.82, 2.24) is 0 Å². The molecule has 0 aliphatic rings. The van der Waals surface area contributed by atoms with Crippen molar-refractivity contribution < 1.29 is 0 Å². The van der Waals surface area contributed by atoms with E-state index >= 15 is 0 Å². The molecule has 1 nitrogen and oxygen atoms in total. The summed E-state index contributed by atoms with van der Waals surface area (Å²) in [5.74, 6) is 0. The minimum absolute atomic E-state index is 0.404. The summed E-state index contributed by atoms with van der Waals surface area (Å²) in [7, 11) is 0. The van der Waals surface area contributed by atoms with Gasteiger partial charge in [0.05, 0.1) is 0 Å². The maximum absolute atomic E-state index is 6.19. The Balaban J connectivity index is 2.61. The number of nitrogens with two attached hydrogens (primary N) is 1. The second-order valence-electron chi connectivity index (χ2n) is 4.17. The van der Waals surface area contributed by atoms with Gasteiger partial charge in [0.15, 0.2) is 0 Å². The number of hydrogen-bond donors (Lipinski definition) is 1. The molecule has 0 amide bonds. The number of hydrogen-bond acceptors (Lipinski definition) is 1. The van der Waals surface area contributed by atoms with Gasteiger partial charge >= 0.3 is 0 Å². The van der Waals surface area contributed by atoms with E-state index in [-0.39, 0.29) is 0 Å². The van der Waals surface area contributed by atoms with Crippen molar-refractivity contribution in [3.8, 4) is 11.1 Å². The van der Waals surface area contributed by atoms with Crippen molar-refractivity contribution in [2.45, 2.75) is 19.9 Å². The van der Waals surface area contributed by atoms with E-state index in [1.165, 1.54) is 5.56 Å². The van der Waals surface area contributed by atoms with E-state index < -0.39 is 0 Å². The van der Waals surface area contributed by atoms with Gasteiger partial charge in [-0.25, -0.2) is 0 Å². The first-order valence-corrected chi connectivity index (χ1v) is 6.68. The van der Waals surface area contributed by atoms with Gasteiger partial charge in [-0.2, -0.15) is 0 Å². The van der Waals surface area contributed by atoms with Crippen LogP contribution in [0.1, 0.15) is 18.1 Å². The Bertz CT molecular complexity index is 564. The molecule has 94 valence electrons. The second kappa shape index (κ2) is 5.75. The smallest absolute Gasteiger partial charge is 0.0471 e. The first-order chi connectivity index (χ1) is 8.65. The molecule has 3 heteroatoms. The van der Waals surface area contributed by atoms with Crippen LogP contribution in [0, 0.1) is 0 Å². The fraction of sp³-hybridized carbons (Fsp3) is 0.200. The minimum atomic E-state index is 0.404. The molecule has 0 aliphatic heterocycles. The molecule has 0 unspecified atom stereocenters. The van der Waals surface area contributed by atoms with E-state index in [2.05, 4.69) is 25.1 Å². The Kier molecular flexibility index (Phi) is 4.28. The van der Waals surface area contributed by atoms with Crippen LogP contribution >= 0.6 is 23.2 Å². The predicted octanol–water partition coefficient (Wildman–Crippen LogP) is 4.68. The summed E-state index contributed by atoms with van der Waals surface area (Å²) in [5, 5.41) is 1.26. The number of rotatable bonds is 3. The van der Waals surface area contributed by atoms with Gasteiger partial charge in [-0.1, -0.05) is 54.4 Å². The van der Waals surface area contributed by atoms with E-state index in [0.29, 0.717) is 16.6 Å². The topological polar surface area (TPSA) is 26.0 Å². The number of benzene rings is 2. The van der Waals surface area contributed by atoms with Gasteiger partial charge in [-0.15, -0.1) is 0 Å². The van der Waals surface area contributed by atoms with Gasteiger partial charge in [0.1, 0.15) is 0 Å². The van der Waals surface area contributed by atoms with Gasteiger partial charge in [-0.05, 0) is 40.8 Å². The highest BCUT2D eigenvalue weighted by Gasteiger charge is 2.10. The Morgan fingerprint density at radius 1 is 1.11 bits per heavy atom. The van der Waals surface area contributed by atoms with Gasteiger partial charge in [0, 0.05) is 16.6 Å². The average Bonchev–Trinajstić information content (AvgIpc) is 2.38. The molecule has 2 rings (SSSR count). The Labute approximate surface area is 118 Å². The zero-order chi connectivity index (χ0) is 13.1. The van der Waals surface area contributed by atoms with Crippen LogP contribution < -0.4 is 5.73 Å². The van der Waals surface area contributed by atoms with Crippen LogP contribution in [0.15, 0.2) is 36.4 Å². The zero-order valence-corrected chi connectivity index (χ0v) is 11.7. The molecule has 0 saturated heterocycles. The zero-order valence-electron chi connectivity index (χ0n) is 10.2. The van der Waals surface area contributed by atoms with Crippen LogP contribution in [-0.4, -0.2) is 0 Å². The summed E-state index contributed by atoms with van der Waals surface area (Å²) in [5.41, 5.74) is 10.1. The van der Waals surface area contributed by atoms with E-state index in [1.54, 1.807) is 6.07 Å². The predicted molar refractivity (Wildman–Crippen MR) is 79.2 cm³/mol. The normalized spacial score (nSPS) is 10.7. The van der Waals surface area contributed by atoms with Crippen molar-refractivity contribution >= 4 is 23.2 Å². The van der Waals surface area contributed by atoms with E-state index in [1.807, 2.05) is 12.1 Å². The molecule has 0 atom stereocenters. The summed E-state index contributed by atoms with van der Waals surface area (Å²) >= 11 is 12.3. The van der Waals surface area contributed by atoms with E-state index in [9.17, 15) is 0 Å².